The molecule has 6 heteroatoms. The first kappa shape index (κ1) is 14.8. The Morgan fingerprint density at radius 3 is 3.08 bits per heavy atom. The zero-order chi connectivity index (χ0) is 16.7. The minimum atomic E-state index is -0.143. The van der Waals surface area contributed by atoms with Crippen molar-refractivity contribution in [1.82, 2.24) is 14.5 Å². The first-order valence-electron chi connectivity index (χ1n) is 8.19. The molecule has 24 heavy (non-hydrogen) atoms. The molecule has 6 nitrogen and oxygen atoms in total. The SMILES string of the molecule is COc1ccc2[nH]c(C(=O)Nc3cnc4n3CCCC4)c(C)c2c1. The third-order valence-electron chi connectivity index (χ3n) is 4.70. The van der Waals surface area contributed by atoms with Gasteiger partial charge in [-0.15, -0.1) is 0 Å². The fourth-order valence-corrected chi connectivity index (χ4v) is 3.35. The van der Waals surface area contributed by atoms with Gasteiger partial charge in [0, 0.05) is 23.9 Å². The summed E-state index contributed by atoms with van der Waals surface area (Å²) in [5.74, 6) is 2.46. The number of methoxy groups -OCH3 is 1. The second kappa shape index (κ2) is 5.70. The Kier molecular flexibility index (Phi) is 3.52. The molecule has 0 aliphatic carbocycles. The first-order chi connectivity index (χ1) is 11.7. The van der Waals surface area contributed by atoms with Gasteiger partial charge in [-0.1, -0.05) is 0 Å². The number of carbonyl (C=O) groups excluding carboxylic acids is 1. The van der Waals surface area contributed by atoms with Crippen LogP contribution in [0.4, 0.5) is 5.82 Å². The van der Waals surface area contributed by atoms with E-state index in [1.807, 2.05) is 25.1 Å². The standard InChI is InChI=1S/C18H20N4O2/c1-11-13-9-12(24-2)6-7-14(13)20-17(11)18(23)21-16-10-19-15-5-3-4-8-22(15)16/h6-7,9-10,20H,3-5,8H2,1-2H3,(H,21,23). The van der Waals surface area contributed by atoms with Gasteiger partial charge >= 0.3 is 0 Å². The summed E-state index contributed by atoms with van der Waals surface area (Å²) < 4.78 is 7.37. The van der Waals surface area contributed by atoms with Crippen LogP contribution in [0.5, 0.6) is 5.75 Å². The van der Waals surface area contributed by atoms with E-state index < -0.39 is 0 Å². The maximum Gasteiger partial charge on any atom is 0.273 e. The van der Waals surface area contributed by atoms with Gasteiger partial charge in [0.15, 0.2) is 0 Å². The molecular weight excluding hydrogens is 304 g/mol. The van der Waals surface area contributed by atoms with Crippen molar-refractivity contribution in [1.29, 1.82) is 0 Å². The quantitative estimate of drug-likeness (QED) is 0.776. The van der Waals surface area contributed by atoms with Crippen LogP contribution in [0.1, 0.15) is 34.7 Å². The predicted molar refractivity (Wildman–Crippen MR) is 92.7 cm³/mol. The monoisotopic (exact) mass is 324 g/mol. The molecule has 1 aliphatic heterocycles. The Balaban J connectivity index is 1.66. The number of nitrogens with zero attached hydrogens (tertiary/aromatic N) is 2. The Morgan fingerprint density at radius 1 is 1.38 bits per heavy atom. The summed E-state index contributed by atoms with van der Waals surface area (Å²) in [6.07, 6.45) is 5.01. The van der Waals surface area contributed by atoms with E-state index in [4.69, 9.17) is 4.74 Å². The maximum absolute atomic E-state index is 12.7. The minimum absolute atomic E-state index is 0.143. The predicted octanol–water partition coefficient (Wildman–Crippen LogP) is 3.27. The van der Waals surface area contributed by atoms with Crippen LogP contribution in [0.15, 0.2) is 24.4 Å². The molecule has 2 N–H and O–H groups in total. The molecule has 3 heterocycles. The number of carbonyl (C=O) groups is 1. The summed E-state index contributed by atoms with van der Waals surface area (Å²) >= 11 is 0. The van der Waals surface area contributed by atoms with Gasteiger partial charge in [-0.05, 0) is 43.5 Å². The molecule has 0 bridgehead atoms. The molecule has 0 saturated heterocycles. The summed E-state index contributed by atoms with van der Waals surface area (Å²) in [5.41, 5.74) is 2.41. The van der Waals surface area contributed by atoms with Gasteiger partial charge in [-0.3, -0.25) is 4.79 Å². The number of benzene rings is 1. The number of aromatic nitrogens is 3. The summed E-state index contributed by atoms with van der Waals surface area (Å²) in [7, 11) is 1.64. The molecule has 1 amide bonds. The van der Waals surface area contributed by atoms with E-state index in [0.29, 0.717) is 5.69 Å². The van der Waals surface area contributed by atoms with Gasteiger partial charge in [0.05, 0.1) is 13.3 Å². The van der Waals surface area contributed by atoms with Crippen LogP contribution in [-0.4, -0.2) is 27.6 Å². The normalized spacial score (nSPS) is 13.8. The Labute approximate surface area is 139 Å². The number of amides is 1. The van der Waals surface area contributed by atoms with Crippen LogP contribution in [0.25, 0.3) is 10.9 Å². The molecule has 4 rings (SSSR count). The van der Waals surface area contributed by atoms with Crippen LogP contribution in [0.2, 0.25) is 0 Å². The molecule has 0 spiro atoms. The van der Waals surface area contributed by atoms with E-state index in [0.717, 1.165) is 59.7 Å². The van der Waals surface area contributed by atoms with Gasteiger partial charge in [-0.25, -0.2) is 4.98 Å². The van der Waals surface area contributed by atoms with Gasteiger partial charge < -0.3 is 19.6 Å². The lowest BCUT2D eigenvalue weighted by Gasteiger charge is -2.16. The molecule has 0 unspecified atom stereocenters. The van der Waals surface area contributed by atoms with E-state index in [1.165, 1.54) is 0 Å². The van der Waals surface area contributed by atoms with Crippen molar-refractivity contribution in [3.05, 3.63) is 41.5 Å². The smallest absolute Gasteiger partial charge is 0.273 e. The van der Waals surface area contributed by atoms with E-state index in [-0.39, 0.29) is 5.91 Å². The summed E-state index contributed by atoms with van der Waals surface area (Å²) in [6.45, 7) is 2.85. The summed E-state index contributed by atoms with van der Waals surface area (Å²) in [5, 5.41) is 3.99. The Morgan fingerprint density at radius 2 is 2.25 bits per heavy atom. The highest BCUT2D eigenvalue weighted by Crippen LogP contribution is 2.27. The highest BCUT2D eigenvalue weighted by Gasteiger charge is 2.19. The Bertz CT molecular complexity index is 923. The van der Waals surface area contributed by atoms with E-state index in [9.17, 15) is 4.79 Å². The third-order valence-corrected chi connectivity index (χ3v) is 4.70. The maximum atomic E-state index is 12.7. The molecule has 124 valence electrons. The van der Waals surface area contributed by atoms with Gasteiger partial charge in [0.25, 0.3) is 5.91 Å². The average molecular weight is 324 g/mol. The van der Waals surface area contributed by atoms with Crippen molar-refractivity contribution in [3.8, 4) is 5.75 Å². The fraction of sp³-hybridized carbons (Fsp3) is 0.333. The fourth-order valence-electron chi connectivity index (χ4n) is 3.35. The summed E-state index contributed by atoms with van der Waals surface area (Å²) in [4.78, 5) is 20.4. The zero-order valence-electron chi connectivity index (χ0n) is 13.8. The number of aromatic amines is 1. The molecule has 3 aromatic rings. The number of imidazole rings is 1. The highest BCUT2D eigenvalue weighted by molar-refractivity contribution is 6.07. The third kappa shape index (κ3) is 2.35. The number of hydrogen-bond acceptors (Lipinski definition) is 3. The largest absolute Gasteiger partial charge is 0.497 e. The Hall–Kier alpha value is -2.76. The first-order valence-corrected chi connectivity index (χ1v) is 8.19. The summed E-state index contributed by atoms with van der Waals surface area (Å²) in [6, 6.07) is 5.75. The molecule has 1 aromatic carbocycles. The number of H-pyrrole nitrogens is 1. The average Bonchev–Trinajstić information content (AvgIpc) is 3.16. The van der Waals surface area contributed by atoms with E-state index >= 15 is 0 Å². The van der Waals surface area contributed by atoms with E-state index in [2.05, 4.69) is 19.9 Å². The number of nitrogens with one attached hydrogen (secondary N) is 2. The lowest BCUT2D eigenvalue weighted by atomic mass is 10.1. The molecular formula is C18H20N4O2. The topological polar surface area (TPSA) is 71.9 Å². The lowest BCUT2D eigenvalue weighted by Crippen LogP contribution is -2.19. The molecule has 0 radical (unpaired) electrons. The number of fused-ring (bicyclic) bond motifs is 2. The van der Waals surface area contributed by atoms with Crippen molar-refractivity contribution in [2.75, 3.05) is 12.4 Å². The van der Waals surface area contributed by atoms with Crippen LogP contribution in [0, 0.1) is 6.92 Å². The molecule has 0 fully saturated rings. The minimum Gasteiger partial charge on any atom is -0.497 e. The zero-order valence-corrected chi connectivity index (χ0v) is 13.8. The van der Waals surface area contributed by atoms with Crippen molar-refractivity contribution in [2.24, 2.45) is 0 Å². The van der Waals surface area contributed by atoms with Gasteiger partial charge in [-0.2, -0.15) is 0 Å². The van der Waals surface area contributed by atoms with Crippen LogP contribution < -0.4 is 10.1 Å². The van der Waals surface area contributed by atoms with Gasteiger partial charge in [0.1, 0.15) is 23.1 Å². The number of rotatable bonds is 3. The van der Waals surface area contributed by atoms with Crippen molar-refractivity contribution < 1.29 is 9.53 Å². The van der Waals surface area contributed by atoms with Gasteiger partial charge in [0.2, 0.25) is 0 Å². The number of aryl methyl sites for hydroxylation is 2. The van der Waals surface area contributed by atoms with Crippen molar-refractivity contribution in [2.45, 2.75) is 32.7 Å². The molecule has 0 saturated carbocycles. The number of ether oxygens (including phenoxy) is 1. The molecule has 2 aromatic heterocycles. The molecule has 0 atom stereocenters. The number of anilines is 1. The molecule has 1 aliphatic rings. The second-order valence-electron chi connectivity index (χ2n) is 6.16. The van der Waals surface area contributed by atoms with Crippen LogP contribution in [0.3, 0.4) is 0 Å². The lowest BCUT2D eigenvalue weighted by molar-refractivity contribution is 0.102. The van der Waals surface area contributed by atoms with Crippen molar-refractivity contribution >= 4 is 22.6 Å². The van der Waals surface area contributed by atoms with Crippen LogP contribution in [-0.2, 0) is 13.0 Å². The van der Waals surface area contributed by atoms with E-state index in [1.54, 1.807) is 13.3 Å². The highest BCUT2D eigenvalue weighted by atomic mass is 16.5. The second-order valence-corrected chi connectivity index (χ2v) is 6.16. The van der Waals surface area contributed by atoms with Crippen molar-refractivity contribution in [3.63, 3.8) is 0 Å². The number of hydrogen-bond donors (Lipinski definition) is 2. The van der Waals surface area contributed by atoms with Crippen LogP contribution >= 0.6 is 0 Å².